The van der Waals surface area contributed by atoms with E-state index >= 15 is 0 Å². The number of Topliss-reactive ketones (excluding diaryl/α,β-unsaturated/α-hetero) is 1. The van der Waals surface area contributed by atoms with E-state index in [1.165, 1.54) is 12.1 Å². The lowest BCUT2D eigenvalue weighted by atomic mass is 10.1. The van der Waals surface area contributed by atoms with Crippen LogP contribution in [0.4, 0.5) is 24.5 Å². The molecule has 0 heterocycles. The van der Waals surface area contributed by atoms with Gasteiger partial charge in [0.15, 0.2) is 17.4 Å². The molecule has 0 aliphatic heterocycles. The standard InChI is InChI=1S/C16H13F3INO3/c17-11-3-2-10(14(23)8-24-6-5-22)16(15(11)19)21-13-4-1-9(20)7-12(13)18/h1-4,7,21-22H,5-6,8H2. The van der Waals surface area contributed by atoms with E-state index < -0.39 is 35.5 Å². The Morgan fingerprint density at radius 1 is 1.17 bits per heavy atom. The van der Waals surface area contributed by atoms with Crippen molar-refractivity contribution < 1.29 is 27.8 Å². The third-order valence-electron chi connectivity index (χ3n) is 3.05. The first kappa shape index (κ1) is 18.7. The quantitative estimate of drug-likeness (QED) is 0.384. The summed E-state index contributed by atoms with van der Waals surface area (Å²) in [4.78, 5) is 12.1. The number of nitrogens with one attached hydrogen (secondary N) is 1. The van der Waals surface area contributed by atoms with E-state index in [0.717, 1.165) is 12.1 Å². The molecule has 0 aliphatic rings. The highest BCUT2D eigenvalue weighted by Gasteiger charge is 2.20. The van der Waals surface area contributed by atoms with Crippen LogP contribution in [0.1, 0.15) is 10.4 Å². The van der Waals surface area contributed by atoms with Crippen LogP contribution in [0.25, 0.3) is 0 Å². The Kier molecular flexibility index (Phi) is 6.58. The maximum absolute atomic E-state index is 14.1. The lowest BCUT2D eigenvalue weighted by molar-refractivity contribution is 0.0664. The van der Waals surface area contributed by atoms with E-state index in [1.807, 2.05) is 22.6 Å². The second-order valence-corrected chi connectivity index (χ2v) is 5.98. The van der Waals surface area contributed by atoms with E-state index in [9.17, 15) is 18.0 Å². The molecule has 0 radical (unpaired) electrons. The van der Waals surface area contributed by atoms with Gasteiger partial charge in [-0.1, -0.05) is 0 Å². The van der Waals surface area contributed by atoms with Gasteiger partial charge in [-0.15, -0.1) is 0 Å². The smallest absolute Gasteiger partial charge is 0.190 e. The van der Waals surface area contributed by atoms with Crippen LogP contribution in [-0.4, -0.2) is 30.7 Å². The number of benzene rings is 2. The Balaban J connectivity index is 2.36. The minimum absolute atomic E-state index is 0.0655. The van der Waals surface area contributed by atoms with Crippen molar-refractivity contribution in [3.05, 3.63) is 56.9 Å². The van der Waals surface area contributed by atoms with Gasteiger partial charge >= 0.3 is 0 Å². The predicted molar refractivity (Wildman–Crippen MR) is 91.0 cm³/mol. The van der Waals surface area contributed by atoms with Crippen molar-refractivity contribution in [2.24, 2.45) is 0 Å². The molecule has 0 unspecified atom stereocenters. The van der Waals surface area contributed by atoms with Crippen molar-refractivity contribution >= 4 is 39.7 Å². The monoisotopic (exact) mass is 451 g/mol. The Bertz CT molecular complexity index is 756. The molecule has 2 aromatic carbocycles. The Morgan fingerprint density at radius 3 is 2.58 bits per heavy atom. The fraction of sp³-hybridized carbons (Fsp3) is 0.188. The summed E-state index contributed by atoms with van der Waals surface area (Å²) in [5, 5.41) is 11.1. The molecule has 0 spiro atoms. The van der Waals surface area contributed by atoms with Crippen LogP contribution in [0.2, 0.25) is 0 Å². The van der Waals surface area contributed by atoms with E-state index in [0.29, 0.717) is 3.57 Å². The van der Waals surface area contributed by atoms with Crippen molar-refractivity contribution in [2.75, 3.05) is 25.1 Å². The number of aliphatic hydroxyl groups is 1. The largest absolute Gasteiger partial charge is 0.394 e. The lowest BCUT2D eigenvalue weighted by Gasteiger charge is -2.14. The van der Waals surface area contributed by atoms with Crippen LogP contribution in [-0.2, 0) is 4.74 Å². The number of ketones is 1. The van der Waals surface area contributed by atoms with Crippen LogP contribution in [0.3, 0.4) is 0 Å². The van der Waals surface area contributed by atoms with Gasteiger partial charge in [-0.3, -0.25) is 4.79 Å². The first-order valence-corrected chi connectivity index (χ1v) is 7.93. The minimum Gasteiger partial charge on any atom is -0.394 e. The lowest BCUT2D eigenvalue weighted by Crippen LogP contribution is -2.14. The van der Waals surface area contributed by atoms with Crippen LogP contribution in [0, 0.1) is 21.0 Å². The molecule has 4 nitrogen and oxygen atoms in total. The van der Waals surface area contributed by atoms with Gasteiger partial charge in [-0.2, -0.15) is 0 Å². The molecular formula is C16H13F3INO3. The summed E-state index contributed by atoms with van der Waals surface area (Å²) < 4.78 is 47.1. The Morgan fingerprint density at radius 2 is 1.92 bits per heavy atom. The summed E-state index contributed by atoms with van der Waals surface area (Å²) in [6, 6.07) is 6.05. The first-order valence-electron chi connectivity index (χ1n) is 6.86. The fourth-order valence-electron chi connectivity index (χ4n) is 1.94. The Labute approximate surface area is 149 Å². The summed E-state index contributed by atoms with van der Waals surface area (Å²) in [6.07, 6.45) is 0. The number of hydrogen-bond acceptors (Lipinski definition) is 4. The zero-order valence-electron chi connectivity index (χ0n) is 12.3. The van der Waals surface area contributed by atoms with Crippen LogP contribution >= 0.6 is 22.6 Å². The van der Waals surface area contributed by atoms with Crippen molar-refractivity contribution in [1.29, 1.82) is 0 Å². The first-order chi connectivity index (χ1) is 11.4. The molecule has 0 fully saturated rings. The molecule has 0 bridgehead atoms. The summed E-state index contributed by atoms with van der Waals surface area (Å²) >= 11 is 1.91. The SMILES string of the molecule is O=C(COCCO)c1ccc(F)c(F)c1Nc1ccc(I)cc1F. The van der Waals surface area contributed by atoms with Gasteiger partial charge in [0.25, 0.3) is 0 Å². The molecule has 0 aliphatic carbocycles. The number of halogens is 4. The summed E-state index contributed by atoms with van der Waals surface area (Å²) in [6.45, 7) is -0.760. The van der Waals surface area contributed by atoms with Gasteiger partial charge in [0, 0.05) is 9.13 Å². The van der Waals surface area contributed by atoms with Crippen LogP contribution < -0.4 is 5.32 Å². The normalized spacial score (nSPS) is 10.7. The van der Waals surface area contributed by atoms with E-state index in [4.69, 9.17) is 9.84 Å². The van der Waals surface area contributed by atoms with Crippen LogP contribution in [0.5, 0.6) is 0 Å². The third-order valence-corrected chi connectivity index (χ3v) is 3.73. The molecule has 8 heteroatoms. The van der Waals surface area contributed by atoms with Crippen molar-refractivity contribution in [2.45, 2.75) is 0 Å². The number of aliphatic hydroxyl groups excluding tert-OH is 1. The molecule has 0 atom stereocenters. The molecule has 0 amide bonds. The van der Waals surface area contributed by atoms with E-state index in [1.54, 1.807) is 6.07 Å². The average Bonchev–Trinajstić information content (AvgIpc) is 2.54. The Hall–Kier alpha value is -1.65. The van der Waals surface area contributed by atoms with Crippen molar-refractivity contribution in [1.82, 2.24) is 0 Å². The highest BCUT2D eigenvalue weighted by atomic mass is 127. The molecule has 0 saturated carbocycles. The molecule has 2 N–H and O–H groups in total. The highest BCUT2D eigenvalue weighted by Crippen LogP contribution is 2.28. The maximum Gasteiger partial charge on any atom is 0.190 e. The van der Waals surface area contributed by atoms with Crippen molar-refractivity contribution in [3.63, 3.8) is 0 Å². The fourth-order valence-corrected chi connectivity index (χ4v) is 2.39. The average molecular weight is 451 g/mol. The second kappa shape index (κ2) is 8.45. The molecule has 24 heavy (non-hydrogen) atoms. The van der Waals surface area contributed by atoms with Crippen LogP contribution in [0.15, 0.2) is 30.3 Å². The van der Waals surface area contributed by atoms with Gasteiger partial charge in [0.2, 0.25) is 0 Å². The van der Waals surface area contributed by atoms with Gasteiger partial charge in [-0.05, 0) is 52.9 Å². The zero-order chi connectivity index (χ0) is 17.7. The number of rotatable bonds is 7. The number of carbonyl (C=O) groups excluding carboxylic acids is 1. The van der Waals surface area contributed by atoms with E-state index in [-0.39, 0.29) is 24.5 Å². The minimum atomic E-state index is -1.29. The molecule has 128 valence electrons. The molecule has 2 aromatic rings. The number of hydrogen-bond donors (Lipinski definition) is 2. The van der Waals surface area contributed by atoms with Gasteiger partial charge in [-0.25, -0.2) is 13.2 Å². The summed E-state index contributed by atoms with van der Waals surface area (Å²) in [7, 11) is 0. The van der Waals surface area contributed by atoms with E-state index in [2.05, 4.69) is 5.32 Å². The molecule has 0 saturated heterocycles. The highest BCUT2D eigenvalue weighted by molar-refractivity contribution is 14.1. The van der Waals surface area contributed by atoms with Gasteiger partial charge in [0.05, 0.1) is 24.6 Å². The maximum atomic E-state index is 14.1. The van der Waals surface area contributed by atoms with Gasteiger partial charge in [0.1, 0.15) is 12.4 Å². The molecule has 0 aromatic heterocycles. The summed E-state index contributed by atoms with van der Waals surface area (Å²) in [5.74, 6) is -3.76. The van der Waals surface area contributed by atoms with Gasteiger partial charge < -0.3 is 15.2 Å². The number of anilines is 2. The second-order valence-electron chi connectivity index (χ2n) is 4.73. The van der Waals surface area contributed by atoms with Crippen molar-refractivity contribution in [3.8, 4) is 0 Å². The summed E-state index contributed by atoms with van der Waals surface area (Å²) in [5.41, 5.74) is -0.734. The topological polar surface area (TPSA) is 58.6 Å². The number of carbonyl (C=O) groups is 1. The third kappa shape index (κ3) is 4.46. The molecular weight excluding hydrogens is 438 g/mol. The number of ether oxygens (including phenoxy) is 1. The molecule has 2 rings (SSSR count). The zero-order valence-corrected chi connectivity index (χ0v) is 14.4. The predicted octanol–water partition coefficient (Wildman–Crippen LogP) is 3.64.